The fourth-order valence-corrected chi connectivity index (χ4v) is 3.13. The Morgan fingerprint density at radius 2 is 1.80 bits per heavy atom. The molecule has 35 heavy (non-hydrogen) atoms. The van der Waals surface area contributed by atoms with Gasteiger partial charge in [-0.3, -0.25) is 19.7 Å². The van der Waals surface area contributed by atoms with Gasteiger partial charge in [0, 0.05) is 23.5 Å². The Balaban J connectivity index is 1.66. The van der Waals surface area contributed by atoms with Crippen molar-refractivity contribution in [3.05, 3.63) is 99.1 Å². The predicted molar refractivity (Wildman–Crippen MR) is 132 cm³/mol. The lowest BCUT2D eigenvalue weighted by molar-refractivity contribution is -0.384. The lowest BCUT2D eigenvalue weighted by Crippen LogP contribution is -2.20. The third-order valence-electron chi connectivity index (χ3n) is 5.10. The van der Waals surface area contributed by atoms with Crippen LogP contribution in [0.3, 0.4) is 0 Å². The second-order valence-electron chi connectivity index (χ2n) is 7.59. The van der Waals surface area contributed by atoms with E-state index in [0.717, 1.165) is 11.1 Å². The molecule has 176 valence electrons. The first-order valence-electron chi connectivity index (χ1n) is 10.5. The van der Waals surface area contributed by atoms with Gasteiger partial charge in [0.1, 0.15) is 17.4 Å². The van der Waals surface area contributed by atoms with Crippen LogP contribution < -0.4 is 15.4 Å². The summed E-state index contributed by atoms with van der Waals surface area (Å²) in [4.78, 5) is 35.1. The molecule has 0 radical (unpaired) electrons. The molecule has 0 aliphatic heterocycles. The van der Waals surface area contributed by atoms with Crippen molar-refractivity contribution in [2.24, 2.45) is 0 Å². The number of amides is 2. The Morgan fingerprint density at radius 1 is 1.06 bits per heavy atom. The number of non-ortho nitro benzene ring substituents is 1. The first kappa shape index (κ1) is 24.7. The normalized spacial score (nSPS) is 10.7. The van der Waals surface area contributed by atoms with Gasteiger partial charge in [0.25, 0.3) is 17.5 Å². The average molecular weight is 470 g/mol. The van der Waals surface area contributed by atoms with Gasteiger partial charge in [-0.15, -0.1) is 0 Å². The summed E-state index contributed by atoms with van der Waals surface area (Å²) in [5, 5.41) is 25.6. The molecule has 0 aliphatic carbocycles. The van der Waals surface area contributed by atoms with Gasteiger partial charge in [-0.1, -0.05) is 30.3 Å². The molecule has 3 aromatic rings. The highest BCUT2D eigenvalue weighted by atomic mass is 16.6. The van der Waals surface area contributed by atoms with E-state index in [4.69, 9.17) is 4.74 Å². The maximum absolute atomic E-state index is 12.5. The second kappa shape index (κ2) is 11.2. The topological polar surface area (TPSA) is 134 Å². The van der Waals surface area contributed by atoms with Gasteiger partial charge in [0.05, 0.1) is 4.92 Å². The second-order valence-corrected chi connectivity index (χ2v) is 7.59. The van der Waals surface area contributed by atoms with Crippen LogP contribution in [0.5, 0.6) is 5.75 Å². The van der Waals surface area contributed by atoms with Gasteiger partial charge in [-0.25, -0.2) is 0 Å². The van der Waals surface area contributed by atoms with Crippen LogP contribution in [0.15, 0.2) is 72.3 Å². The van der Waals surface area contributed by atoms with Crippen molar-refractivity contribution in [1.82, 2.24) is 0 Å². The molecule has 0 saturated carbocycles. The van der Waals surface area contributed by atoms with E-state index in [1.165, 1.54) is 30.3 Å². The smallest absolute Gasteiger partial charge is 0.271 e. The summed E-state index contributed by atoms with van der Waals surface area (Å²) in [6.45, 7) is 3.66. The summed E-state index contributed by atoms with van der Waals surface area (Å²) in [5.74, 6) is -0.660. The van der Waals surface area contributed by atoms with E-state index in [9.17, 15) is 25.0 Å². The highest BCUT2D eigenvalue weighted by molar-refractivity contribution is 6.09. The van der Waals surface area contributed by atoms with Crippen LogP contribution in [-0.2, 0) is 9.59 Å². The molecule has 0 saturated heterocycles. The zero-order valence-electron chi connectivity index (χ0n) is 19.1. The number of hydrogen-bond donors (Lipinski definition) is 2. The van der Waals surface area contributed by atoms with Gasteiger partial charge in [-0.05, 0) is 60.9 Å². The van der Waals surface area contributed by atoms with Crippen molar-refractivity contribution >= 4 is 35.0 Å². The minimum absolute atomic E-state index is 0.184. The highest BCUT2D eigenvalue weighted by Crippen LogP contribution is 2.20. The number of anilines is 2. The van der Waals surface area contributed by atoms with E-state index in [1.54, 1.807) is 24.3 Å². The number of rotatable bonds is 8. The van der Waals surface area contributed by atoms with Gasteiger partial charge >= 0.3 is 0 Å². The largest absolute Gasteiger partial charge is 0.484 e. The number of carbonyl (C=O) groups excluding carboxylic acids is 2. The monoisotopic (exact) mass is 470 g/mol. The minimum Gasteiger partial charge on any atom is -0.484 e. The van der Waals surface area contributed by atoms with Gasteiger partial charge in [-0.2, -0.15) is 5.26 Å². The molecule has 0 fully saturated rings. The highest BCUT2D eigenvalue weighted by Gasteiger charge is 2.13. The Hall–Kier alpha value is -4.97. The molecule has 3 rings (SSSR count). The van der Waals surface area contributed by atoms with Crippen molar-refractivity contribution in [2.75, 3.05) is 17.2 Å². The summed E-state index contributed by atoms with van der Waals surface area (Å²) in [6.07, 6.45) is 1.36. The molecule has 0 bridgehead atoms. The van der Waals surface area contributed by atoms with E-state index >= 15 is 0 Å². The summed E-state index contributed by atoms with van der Waals surface area (Å²) >= 11 is 0. The molecule has 0 spiro atoms. The molecule has 9 nitrogen and oxygen atoms in total. The molecule has 0 heterocycles. The van der Waals surface area contributed by atoms with E-state index in [2.05, 4.69) is 10.6 Å². The first-order valence-corrected chi connectivity index (χ1v) is 10.5. The van der Waals surface area contributed by atoms with Crippen molar-refractivity contribution in [2.45, 2.75) is 13.8 Å². The fraction of sp³-hybridized carbons (Fsp3) is 0.115. The lowest BCUT2D eigenvalue weighted by atomic mass is 10.1. The third-order valence-corrected chi connectivity index (χ3v) is 5.10. The Bertz CT molecular complexity index is 1360. The van der Waals surface area contributed by atoms with Crippen LogP contribution in [0.2, 0.25) is 0 Å². The number of nitro benzene ring substituents is 1. The van der Waals surface area contributed by atoms with Crippen LogP contribution >= 0.6 is 0 Å². The van der Waals surface area contributed by atoms with E-state index in [-0.39, 0.29) is 29.5 Å². The summed E-state index contributed by atoms with van der Waals surface area (Å²) in [7, 11) is 0. The fourth-order valence-electron chi connectivity index (χ4n) is 3.13. The maximum atomic E-state index is 12.5. The van der Waals surface area contributed by atoms with Gasteiger partial charge in [0.2, 0.25) is 0 Å². The van der Waals surface area contributed by atoms with Crippen molar-refractivity contribution in [3.8, 4) is 11.8 Å². The number of benzene rings is 3. The quantitative estimate of drug-likeness (QED) is 0.211. The number of nitrogens with zero attached hydrogens (tertiary/aromatic N) is 2. The first-order chi connectivity index (χ1) is 16.8. The van der Waals surface area contributed by atoms with E-state index in [1.807, 2.05) is 38.1 Å². The predicted octanol–water partition coefficient (Wildman–Crippen LogP) is 4.77. The molecule has 0 atom stereocenters. The molecule has 2 amide bonds. The van der Waals surface area contributed by atoms with Crippen molar-refractivity contribution in [1.29, 1.82) is 5.26 Å². The van der Waals surface area contributed by atoms with Crippen LogP contribution in [0.25, 0.3) is 6.08 Å². The standard InChI is InChI=1S/C26H22N4O5/c1-17-6-3-11-24(18(17)2)29-25(31)16-35-23-10-4-7-19(13-23)12-20(15-27)26(32)28-21-8-5-9-22(14-21)30(33)34/h3-14H,16H2,1-2H3,(H,28,32)(H,29,31)/b20-12-. The summed E-state index contributed by atoms with van der Waals surface area (Å²) < 4.78 is 5.57. The van der Waals surface area contributed by atoms with Gasteiger partial charge in [0.15, 0.2) is 6.61 Å². The number of ether oxygens (including phenoxy) is 1. The number of carbonyl (C=O) groups is 2. The lowest BCUT2D eigenvalue weighted by Gasteiger charge is -2.11. The molecule has 3 aromatic carbocycles. The third kappa shape index (κ3) is 6.76. The van der Waals surface area contributed by atoms with Crippen LogP contribution in [0, 0.1) is 35.3 Å². The van der Waals surface area contributed by atoms with Crippen molar-refractivity contribution in [3.63, 3.8) is 0 Å². The Labute approximate surface area is 201 Å². The summed E-state index contributed by atoms with van der Waals surface area (Å²) in [6, 6.07) is 19.4. The molecule has 0 aromatic heterocycles. The number of aryl methyl sites for hydroxylation is 1. The zero-order valence-corrected chi connectivity index (χ0v) is 19.1. The maximum Gasteiger partial charge on any atom is 0.271 e. The molecular weight excluding hydrogens is 448 g/mol. The SMILES string of the molecule is Cc1cccc(NC(=O)COc2cccc(/C=C(/C#N)C(=O)Nc3cccc([N+](=O)[O-])c3)c2)c1C. The Kier molecular flexibility index (Phi) is 7.93. The molecule has 0 aliphatic rings. The van der Waals surface area contributed by atoms with E-state index in [0.29, 0.717) is 17.0 Å². The molecule has 2 N–H and O–H groups in total. The van der Waals surface area contributed by atoms with Crippen LogP contribution in [0.1, 0.15) is 16.7 Å². The van der Waals surface area contributed by atoms with Crippen molar-refractivity contribution < 1.29 is 19.2 Å². The van der Waals surface area contributed by atoms with E-state index < -0.39 is 10.8 Å². The summed E-state index contributed by atoms with van der Waals surface area (Å²) in [5.41, 5.74) is 3.05. The van der Waals surface area contributed by atoms with Crippen LogP contribution in [-0.4, -0.2) is 23.3 Å². The number of nitrogens with one attached hydrogen (secondary N) is 2. The zero-order chi connectivity index (χ0) is 25.4. The average Bonchev–Trinajstić information content (AvgIpc) is 2.84. The van der Waals surface area contributed by atoms with Gasteiger partial charge < -0.3 is 15.4 Å². The Morgan fingerprint density at radius 3 is 2.54 bits per heavy atom. The minimum atomic E-state index is -0.716. The molecule has 0 unspecified atom stereocenters. The number of hydrogen-bond acceptors (Lipinski definition) is 6. The number of nitro groups is 1. The molecule has 9 heteroatoms. The molecular formula is C26H22N4O5. The number of nitriles is 1. The van der Waals surface area contributed by atoms with Crippen LogP contribution in [0.4, 0.5) is 17.1 Å².